The van der Waals surface area contributed by atoms with Crippen LogP contribution in [-0.4, -0.2) is 71.6 Å². The van der Waals surface area contributed by atoms with Crippen molar-refractivity contribution in [3.63, 3.8) is 0 Å². The van der Waals surface area contributed by atoms with Crippen LogP contribution in [-0.2, 0) is 16.3 Å². The van der Waals surface area contributed by atoms with Crippen molar-refractivity contribution in [2.45, 2.75) is 69.1 Å². The number of aliphatic hydroxyl groups excluding tert-OH is 1. The Morgan fingerprint density at radius 1 is 1.16 bits per heavy atom. The normalized spacial score (nSPS) is 24.1. The number of imidazole rings is 1. The summed E-state index contributed by atoms with van der Waals surface area (Å²) in [7, 11) is 0. The van der Waals surface area contributed by atoms with Crippen LogP contribution in [0.25, 0.3) is 15.9 Å². The minimum absolute atomic E-state index is 0.0764. The topological polar surface area (TPSA) is 102 Å². The molecule has 0 radical (unpaired) electrons. The first-order chi connectivity index (χ1) is 18.2. The van der Waals surface area contributed by atoms with E-state index < -0.39 is 31.4 Å². The van der Waals surface area contributed by atoms with Gasteiger partial charge in [-0.25, -0.2) is 0 Å². The fourth-order valence-corrected chi connectivity index (χ4v) is 7.39. The molecule has 2 aliphatic heterocycles. The SMILES string of the molecule is CC1(c2cc(N3CCC4(CC3)COCC4O)c3nc(C4CC4)c(-c4nnc(C(F)(F)F)[se]4)n3c2)CC1.NS. The molecule has 4 aliphatic rings. The number of fused-ring (bicyclic) bond motifs is 1. The van der Waals surface area contributed by atoms with Crippen LogP contribution in [0.4, 0.5) is 18.9 Å². The van der Waals surface area contributed by atoms with Gasteiger partial charge in [0, 0.05) is 0 Å². The average molecular weight is 616 g/mol. The molecule has 0 aromatic carbocycles. The van der Waals surface area contributed by atoms with Crippen LogP contribution < -0.4 is 10.0 Å². The molecule has 13 heteroatoms. The van der Waals surface area contributed by atoms with Crippen molar-refractivity contribution in [2.24, 2.45) is 10.6 Å². The van der Waals surface area contributed by atoms with E-state index in [4.69, 9.17) is 9.72 Å². The van der Waals surface area contributed by atoms with Gasteiger partial charge in [-0.2, -0.15) is 0 Å². The van der Waals surface area contributed by atoms with Crippen molar-refractivity contribution in [2.75, 3.05) is 31.2 Å². The Labute approximate surface area is 230 Å². The van der Waals surface area contributed by atoms with Crippen molar-refractivity contribution in [1.29, 1.82) is 0 Å². The standard InChI is InChI=1S/C25H28F3N5O2Se.H3NS/c1-23(4-5-23)15-10-16(32-8-6-24(7-9-32)13-35-12-17(24)34)20-29-18(14-2-3-14)19(33(20)11-15)21-30-31-22(36-21)25(26,27)28;1-2/h10-11,14,17,34H,2-9,12-13H2,1H3;2H,1H2. The first kappa shape index (κ1) is 26.6. The van der Waals surface area contributed by atoms with Crippen LogP contribution in [0.5, 0.6) is 0 Å². The van der Waals surface area contributed by atoms with Crippen LogP contribution in [0.3, 0.4) is 0 Å². The van der Waals surface area contributed by atoms with Crippen molar-refractivity contribution < 1.29 is 23.0 Å². The first-order valence-corrected chi connectivity index (χ1v) is 15.1. The predicted molar refractivity (Wildman–Crippen MR) is 141 cm³/mol. The Kier molecular flexibility index (Phi) is 6.64. The van der Waals surface area contributed by atoms with Gasteiger partial charge in [0.2, 0.25) is 0 Å². The Bertz CT molecular complexity index is 1340. The average Bonchev–Trinajstić information content (AvgIpc) is 3.75. The number of hydrogen-bond acceptors (Lipinski definition) is 8. The maximum atomic E-state index is 13.4. The number of hydrogen-bond donors (Lipinski definition) is 3. The van der Waals surface area contributed by atoms with Gasteiger partial charge in [-0.1, -0.05) is 0 Å². The molecule has 8 nitrogen and oxygen atoms in total. The number of anilines is 1. The van der Waals surface area contributed by atoms with E-state index in [1.54, 1.807) is 0 Å². The molecule has 4 fully saturated rings. The number of aromatic nitrogens is 4. The first-order valence-electron chi connectivity index (χ1n) is 12.9. The second-order valence-electron chi connectivity index (χ2n) is 11.3. The third kappa shape index (κ3) is 4.49. The summed E-state index contributed by atoms with van der Waals surface area (Å²) >= 11 is 2.02. The van der Waals surface area contributed by atoms with E-state index in [1.807, 2.05) is 4.40 Å². The predicted octanol–water partition coefficient (Wildman–Crippen LogP) is 3.56. The summed E-state index contributed by atoms with van der Waals surface area (Å²) in [5.74, 6) is 0.261. The van der Waals surface area contributed by atoms with E-state index in [2.05, 4.69) is 52.2 Å². The van der Waals surface area contributed by atoms with Crippen LogP contribution in [0.1, 0.15) is 67.2 Å². The molecule has 2 aliphatic carbocycles. The number of nitrogens with two attached hydrogens (primary N) is 1. The second kappa shape index (κ2) is 9.49. The van der Waals surface area contributed by atoms with Crippen molar-refractivity contribution >= 4 is 38.7 Å². The van der Waals surface area contributed by atoms with E-state index >= 15 is 0 Å². The van der Waals surface area contributed by atoms with Crippen LogP contribution in [0.15, 0.2) is 12.3 Å². The van der Waals surface area contributed by atoms with Gasteiger partial charge in [-0.15, -0.1) is 12.8 Å². The summed E-state index contributed by atoms with van der Waals surface area (Å²) in [6, 6.07) is 2.24. The zero-order valence-electron chi connectivity index (χ0n) is 21.0. The van der Waals surface area contributed by atoms with Crippen molar-refractivity contribution in [1.82, 2.24) is 19.6 Å². The molecule has 7 rings (SSSR count). The number of alkyl halides is 3. The molecule has 3 aromatic rings. The van der Waals surface area contributed by atoms with Crippen molar-refractivity contribution in [3.8, 4) is 10.3 Å². The molecule has 5 heterocycles. The molecule has 1 spiro atoms. The van der Waals surface area contributed by atoms with Gasteiger partial charge in [-0.05, 0) is 0 Å². The van der Waals surface area contributed by atoms with Gasteiger partial charge >= 0.3 is 212 Å². The number of halogens is 3. The Morgan fingerprint density at radius 3 is 2.42 bits per heavy atom. The summed E-state index contributed by atoms with van der Waals surface area (Å²) in [6.45, 7) is 4.80. The van der Waals surface area contributed by atoms with Crippen LogP contribution in [0, 0.1) is 5.41 Å². The minimum Gasteiger partial charge on any atom is -0.281 e. The number of pyridine rings is 1. The van der Waals surface area contributed by atoms with Gasteiger partial charge < -0.3 is 0 Å². The smallest absolute Gasteiger partial charge is 0.103 e. The number of piperidine rings is 1. The summed E-state index contributed by atoms with van der Waals surface area (Å²) in [6.07, 6.45) is 3.05. The van der Waals surface area contributed by atoms with E-state index in [1.165, 1.54) is 5.56 Å². The molecular formula is C25H31F3N6O2SSe. The van der Waals surface area contributed by atoms with Gasteiger partial charge in [-0.3, -0.25) is 5.14 Å². The second-order valence-corrected chi connectivity index (χ2v) is 13.3. The number of nitrogens with zero attached hydrogens (tertiary/aromatic N) is 5. The zero-order chi connectivity index (χ0) is 26.9. The Hall–Kier alpha value is -1.63. The van der Waals surface area contributed by atoms with E-state index in [9.17, 15) is 18.3 Å². The van der Waals surface area contributed by atoms with Gasteiger partial charge in [0.05, 0.1) is 0 Å². The molecule has 2 saturated heterocycles. The Balaban J connectivity index is 0.00000129. The molecule has 0 bridgehead atoms. The number of ether oxygens (including phenoxy) is 1. The largest absolute Gasteiger partial charge is 0.281 e. The summed E-state index contributed by atoms with van der Waals surface area (Å²) < 4.78 is 47.5. The molecule has 206 valence electrons. The van der Waals surface area contributed by atoms with Crippen LogP contribution >= 0.6 is 12.8 Å². The van der Waals surface area contributed by atoms with E-state index in [-0.39, 0.29) is 16.7 Å². The fourth-order valence-electron chi connectivity index (χ4n) is 5.79. The molecule has 0 amide bonds. The molecule has 3 aromatic heterocycles. The monoisotopic (exact) mass is 616 g/mol. The molecular weight excluding hydrogens is 584 g/mol. The van der Waals surface area contributed by atoms with Crippen molar-refractivity contribution in [3.05, 3.63) is 28.1 Å². The number of rotatable bonds is 4. The fraction of sp³-hybridized carbons (Fsp3) is 0.640. The molecule has 2 saturated carbocycles. The minimum atomic E-state index is -4.46. The number of aliphatic hydroxyl groups is 1. The van der Waals surface area contributed by atoms with Gasteiger partial charge in [0.15, 0.2) is 0 Å². The summed E-state index contributed by atoms with van der Waals surface area (Å²) in [5, 5.41) is 22.3. The quantitative estimate of drug-likeness (QED) is 0.305. The van der Waals surface area contributed by atoms with E-state index in [0.717, 1.165) is 74.3 Å². The molecule has 1 atom stereocenters. The zero-order valence-corrected chi connectivity index (χ0v) is 23.6. The maximum Gasteiger partial charge on any atom is -0.103 e. The number of thiol groups is 1. The molecule has 1 unspecified atom stereocenters. The third-order valence-corrected chi connectivity index (χ3v) is 10.8. The van der Waals surface area contributed by atoms with Gasteiger partial charge in [0.25, 0.3) is 0 Å². The Morgan fingerprint density at radius 2 is 1.87 bits per heavy atom. The summed E-state index contributed by atoms with van der Waals surface area (Å²) in [4.78, 5) is 7.41. The summed E-state index contributed by atoms with van der Waals surface area (Å²) in [5.41, 5.74) is 4.49. The van der Waals surface area contributed by atoms with E-state index in [0.29, 0.717) is 17.8 Å². The third-order valence-electron chi connectivity index (χ3n) is 8.73. The molecule has 3 N–H and O–H groups in total. The molecule has 38 heavy (non-hydrogen) atoms. The van der Waals surface area contributed by atoms with Crippen LogP contribution in [0.2, 0.25) is 0 Å². The maximum absolute atomic E-state index is 13.4. The van der Waals surface area contributed by atoms with Gasteiger partial charge in [0.1, 0.15) is 0 Å².